The molecular weight excluding hydrogens is 335 g/mol. The molecule has 128 valence electrons. The Balaban J connectivity index is 0.00000192. The molecule has 0 radical (unpaired) electrons. The van der Waals surface area contributed by atoms with Gasteiger partial charge in [0.1, 0.15) is 5.82 Å². The Morgan fingerprint density at radius 3 is 2.74 bits per heavy atom. The first kappa shape index (κ1) is 18.6. The van der Waals surface area contributed by atoms with Gasteiger partial charge in [-0.15, -0.1) is 24.2 Å². The van der Waals surface area contributed by atoms with Crippen molar-refractivity contribution in [2.24, 2.45) is 5.92 Å². The van der Waals surface area contributed by atoms with E-state index in [9.17, 15) is 9.18 Å². The van der Waals surface area contributed by atoms with E-state index >= 15 is 0 Å². The highest BCUT2D eigenvalue weighted by Gasteiger charge is 2.39. The van der Waals surface area contributed by atoms with Crippen LogP contribution in [0.15, 0.2) is 29.2 Å². The number of hydrogen-bond donors (Lipinski definition) is 1. The predicted molar refractivity (Wildman–Crippen MR) is 94.7 cm³/mol. The molecule has 3 unspecified atom stereocenters. The fourth-order valence-electron chi connectivity index (χ4n) is 3.42. The fourth-order valence-corrected chi connectivity index (χ4v) is 4.33. The minimum Gasteiger partial charge on any atom is -0.335 e. The number of carbonyl (C=O) groups is 1. The molecule has 6 heteroatoms. The van der Waals surface area contributed by atoms with E-state index < -0.39 is 0 Å². The van der Waals surface area contributed by atoms with E-state index in [-0.39, 0.29) is 30.0 Å². The van der Waals surface area contributed by atoms with E-state index in [1.54, 1.807) is 23.9 Å². The van der Waals surface area contributed by atoms with Crippen LogP contribution in [0.2, 0.25) is 0 Å². The number of nitrogens with one attached hydrogen (secondary N) is 1. The van der Waals surface area contributed by atoms with Gasteiger partial charge in [0, 0.05) is 35.2 Å². The quantitative estimate of drug-likeness (QED) is 0.838. The molecule has 3 atom stereocenters. The topological polar surface area (TPSA) is 32.3 Å². The Labute approximate surface area is 147 Å². The number of fused-ring (bicyclic) bond motifs is 2. The standard InChI is InChI=1S/C17H23FN2OS.ClH/c1-12(11-22-16-6-2-13(18)3-7-16)17(21)20-14-4-5-15(20)10-19-9-8-14;/h2-3,6-7,12,14-15,19H,4-5,8-11H2,1H3;1H. The lowest BCUT2D eigenvalue weighted by atomic mass is 10.1. The maximum Gasteiger partial charge on any atom is 0.226 e. The Hall–Kier alpha value is -0.780. The SMILES string of the molecule is CC(CSc1ccc(F)cc1)C(=O)N1C2CCNCC1CC2.Cl. The number of amides is 1. The molecule has 0 aromatic heterocycles. The lowest BCUT2D eigenvalue weighted by Gasteiger charge is -2.30. The van der Waals surface area contributed by atoms with Gasteiger partial charge in [-0.25, -0.2) is 4.39 Å². The van der Waals surface area contributed by atoms with Gasteiger partial charge in [0.05, 0.1) is 0 Å². The molecule has 3 nitrogen and oxygen atoms in total. The second-order valence-corrected chi connectivity index (χ2v) is 7.38. The van der Waals surface area contributed by atoms with Crippen molar-refractivity contribution in [1.29, 1.82) is 0 Å². The molecule has 0 aliphatic carbocycles. The summed E-state index contributed by atoms with van der Waals surface area (Å²) in [6.07, 6.45) is 3.34. The predicted octanol–water partition coefficient (Wildman–Crippen LogP) is 3.33. The summed E-state index contributed by atoms with van der Waals surface area (Å²) in [5, 5.41) is 3.43. The van der Waals surface area contributed by atoms with Crippen molar-refractivity contribution in [3.05, 3.63) is 30.1 Å². The van der Waals surface area contributed by atoms with Gasteiger partial charge in [-0.2, -0.15) is 0 Å². The molecule has 2 saturated heterocycles. The summed E-state index contributed by atoms with van der Waals surface area (Å²) in [4.78, 5) is 16.0. The Morgan fingerprint density at radius 1 is 1.30 bits per heavy atom. The lowest BCUT2D eigenvalue weighted by Crippen LogP contribution is -2.45. The van der Waals surface area contributed by atoms with Gasteiger partial charge in [0.2, 0.25) is 5.91 Å². The van der Waals surface area contributed by atoms with Gasteiger partial charge in [0.15, 0.2) is 0 Å². The molecule has 1 aromatic carbocycles. The number of carbonyl (C=O) groups excluding carboxylic acids is 1. The molecular formula is C17H24ClFN2OS. The number of halogens is 2. The van der Waals surface area contributed by atoms with Crippen LogP contribution < -0.4 is 5.32 Å². The summed E-state index contributed by atoms with van der Waals surface area (Å²) < 4.78 is 12.9. The molecule has 0 spiro atoms. The van der Waals surface area contributed by atoms with E-state index in [0.29, 0.717) is 12.1 Å². The second-order valence-electron chi connectivity index (χ2n) is 6.29. The third-order valence-corrected chi connectivity index (χ3v) is 5.92. The number of nitrogens with zero attached hydrogens (tertiary/aromatic N) is 1. The summed E-state index contributed by atoms with van der Waals surface area (Å²) in [5.74, 6) is 0.803. The summed E-state index contributed by atoms with van der Waals surface area (Å²) in [6.45, 7) is 3.96. The smallest absolute Gasteiger partial charge is 0.226 e. The maximum absolute atomic E-state index is 12.9. The van der Waals surface area contributed by atoms with Crippen LogP contribution in [0.4, 0.5) is 4.39 Å². The molecule has 2 fully saturated rings. The van der Waals surface area contributed by atoms with Crippen molar-refractivity contribution in [3.8, 4) is 0 Å². The average molecular weight is 359 g/mol. The van der Waals surface area contributed by atoms with E-state index in [1.807, 2.05) is 6.92 Å². The van der Waals surface area contributed by atoms with E-state index in [0.717, 1.165) is 43.0 Å². The van der Waals surface area contributed by atoms with Gasteiger partial charge < -0.3 is 10.2 Å². The third-order valence-electron chi connectivity index (χ3n) is 4.64. The van der Waals surface area contributed by atoms with Gasteiger partial charge >= 0.3 is 0 Å². The number of rotatable bonds is 4. The van der Waals surface area contributed by atoms with Crippen LogP contribution in [0.3, 0.4) is 0 Å². The van der Waals surface area contributed by atoms with E-state index in [4.69, 9.17) is 0 Å². The van der Waals surface area contributed by atoms with Gasteiger partial charge in [-0.3, -0.25) is 4.79 Å². The molecule has 3 rings (SSSR count). The van der Waals surface area contributed by atoms with Crippen molar-refractivity contribution in [2.45, 2.75) is 43.2 Å². The Morgan fingerprint density at radius 2 is 2.00 bits per heavy atom. The maximum atomic E-state index is 12.9. The summed E-state index contributed by atoms with van der Waals surface area (Å²) >= 11 is 1.63. The second kappa shape index (κ2) is 8.36. The average Bonchev–Trinajstić information content (AvgIpc) is 2.78. The van der Waals surface area contributed by atoms with Crippen molar-refractivity contribution < 1.29 is 9.18 Å². The molecule has 23 heavy (non-hydrogen) atoms. The van der Waals surface area contributed by atoms with Crippen molar-refractivity contribution in [1.82, 2.24) is 10.2 Å². The summed E-state index contributed by atoms with van der Waals surface area (Å²) in [5.41, 5.74) is 0. The number of benzene rings is 1. The molecule has 1 amide bonds. The van der Waals surface area contributed by atoms with Crippen LogP contribution in [0.1, 0.15) is 26.2 Å². The zero-order valence-corrected chi connectivity index (χ0v) is 15.0. The molecule has 1 N–H and O–H groups in total. The van der Waals surface area contributed by atoms with Crippen molar-refractivity contribution in [2.75, 3.05) is 18.8 Å². The first-order chi connectivity index (χ1) is 10.6. The van der Waals surface area contributed by atoms with Crippen molar-refractivity contribution in [3.63, 3.8) is 0 Å². The highest BCUT2D eigenvalue weighted by molar-refractivity contribution is 7.99. The fraction of sp³-hybridized carbons (Fsp3) is 0.588. The summed E-state index contributed by atoms with van der Waals surface area (Å²) in [7, 11) is 0. The first-order valence-corrected chi connectivity index (χ1v) is 9.05. The van der Waals surface area contributed by atoms with Crippen LogP contribution in [-0.4, -0.2) is 41.7 Å². The summed E-state index contributed by atoms with van der Waals surface area (Å²) in [6, 6.07) is 7.28. The van der Waals surface area contributed by atoms with Crippen LogP contribution in [0.25, 0.3) is 0 Å². The van der Waals surface area contributed by atoms with Crippen molar-refractivity contribution >= 4 is 30.1 Å². The minimum atomic E-state index is -0.220. The first-order valence-electron chi connectivity index (χ1n) is 8.06. The molecule has 1 aromatic rings. The van der Waals surface area contributed by atoms with E-state index in [2.05, 4.69) is 10.2 Å². The molecule has 2 heterocycles. The highest BCUT2D eigenvalue weighted by Crippen LogP contribution is 2.30. The largest absolute Gasteiger partial charge is 0.335 e. The van der Waals surface area contributed by atoms with Gasteiger partial charge in [-0.05, 0) is 50.1 Å². The number of thioether (sulfide) groups is 1. The highest BCUT2D eigenvalue weighted by atomic mass is 35.5. The van der Waals surface area contributed by atoms with Crippen LogP contribution in [0, 0.1) is 11.7 Å². The number of hydrogen-bond acceptors (Lipinski definition) is 3. The van der Waals surface area contributed by atoms with Crippen LogP contribution in [0.5, 0.6) is 0 Å². The van der Waals surface area contributed by atoms with Gasteiger partial charge in [-0.1, -0.05) is 6.92 Å². The normalized spacial score (nSPS) is 24.7. The monoisotopic (exact) mass is 358 g/mol. The van der Waals surface area contributed by atoms with Crippen LogP contribution >= 0.6 is 24.2 Å². The van der Waals surface area contributed by atoms with E-state index in [1.165, 1.54) is 12.1 Å². The Kier molecular flexibility index (Phi) is 6.74. The third kappa shape index (κ3) is 4.40. The zero-order chi connectivity index (χ0) is 15.5. The Bertz CT molecular complexity index is 514. The molecule has 0 saturated carbocycles. The molecule has 2 aliphatic heterocycles. The molecule has 2 bridgehead atoms. The van der Waals surface area contributed by atoms with Gasteiger partial charge in [0.25, 0.3) is 0 Å². The minimum absolute atomic E-state index is 0. The lowest BCUT2D eigenvalue weighted by molar-refractivity contribution is -0.136. The molecule has 2 aliphatic rings. The zero-order valence-electron chi connectivity index (χ0n) is 13.3. The van der Waals surface area contributed by atoms with Crippen LogP contribution in [-0.2, 0) is 4.79 Å².